The van der Waals surface area contributed by atoms with Gasteiger partial charge in [0.15, 0.2) is 5.75 Å². The normalized spacial score (nSPS) is 21.9. The van der Waals surface area contributed by atoms with Gasteiger partial charge in [-0.15, -0.1) is 0 Å². The Morgan fingerprint density at radius 3 is 2.37 bits per heavy atom. The van der Waals surface area contributed by atoms with E-state index in [2.05, 4.69) is 31.7 Å². The number of ether oxygens (including phenoxy) is 1. The van der Waals surface area contributed by atoms with E-state index < -0.39 is 5.97 Å². The van der Waals surface area contributed by atoms with Crippen molar-refractivity contribution in [2.45, 2.75) is 57.0 Å². The first kappa shape index (κ1) is 30.1. The summed E-state index contributed by atoms with van der Waals surface area (Å²) in [7, 11) is 2.24. The summed E-state index contributed by atoms with van der Waals surface area (Å²) in [5, 5.41) is 10.2. The average molecular weight is 626 g/mol. The van der Waals surface area contributed by atoms with Crippen molar-refractivity contribution in [1.29, 1.82) is 0 Å². The SMILES string of the molecule is CN1CCC[C@]12CCCN(c1ncc(Oc3cc(CN4CCC(CC(=O)O)CC4)cc(-c4cc(Cl)cc(Cl)c4)n3)cn1)C2. The van der Waals surface area contributed by atoms with Crippen molar-refractivity contribution in [3.8, 4) is 22.9 Å². The van der Waals surface area contributed by atoms with E-state index in [4.69, 9.17) is 38.0 Å². The number of hydrogen-bond donors (Lipinski definition) is 1. The van der Waals surface area contributed by atoms with Crippen LogP contribution in [0.5, 0.6) is 11.6 Å². The molecular formula is C32H38Cl2N6O3. The molecule has 0 aliphatic carbocycles. The molecule has 3 aromatic rings. The molecule has 43 heavy (non-hydrogen) atoms. The summed E-state index contributed by atoms with van der Waals surface area (Å²) in [6.07, 6.45) is 10.3. The Balaban J connectivity index is 1.20. The Bertz CT molecular complexity index is 1430. The molecule has 3 saturated heterocycles. The van der Waals surface area contributed by atoms with Crippen LogP contribution < -0.4 is 9.64 Å². The van der Waals surface area contributed by atoms with E-state index in [-0.39, 0.29) is 17.9 Å². The maximum absolute atomic E-state index is 11.1. The molecule has 3 fully saturated rings. The van der Waals surface area contributed by atoms with Gasteiger partial charge >= 0.3 is 5.97 Å². The van der Waals surface area contributed by atoms with E-state index in [1.54, 1.807) is 18.5 Å². The number of halogens is 2. The summed E-state index contributed by atoms with van der Waals surface area (Å²) in [6.45, 7) is 5.45. The van der Waals surface area contributed by atoms with Gasteiger partial charge in [-0.05, 0) is 101 Å². The molecule has 228 valence electrons. The number of likely N-dealkylation sites (N-methyl/N-ethyl adjacent to an activating group) is 1. The van der Waals surface area contributed by atoms with Gasteiger partial charge in [0.2, 0.25) is 11.8 Å². The third kappa shape index (κ3) is 7.23. The van der Waals surface area contributed by atoms with E-state index in [0.29, 0.717) is 33.9 Å². The van der Waals surface area contributed by atoms with Crippen molar-refractivity contribution < 1.29 is 14.6 Å². The molecule has 1 atom stereocenters. The number of carbonyl (C=O) groups is 1. The van der Waals surface area contributed by atoms with Gasteiger partial charge in [0, 0.05) is 53.3 Å². The van der Waals surface area contributed by atoms with Gasteiger partial charge < -0.3 is 14.7 Å². The Kier molecular flexibility index (Phi) is 9.05. The summed E-state index contributed by atoms with van der Waals surface area (Å²) < 4.78 is 6.23. The molecule has 6 rings (SSSR count). The van der Waals surface area contributed by atoms with Crippen LogP contribution in [0.1, 0.15) is 50.5 Å². The fourth-order valence-electron chi connectivity index (χ4n) is 6.92. The molecule has 1 aromatic carbocycles. The average Bonchev–Trinajstić information content (AvgIpc) is 3.32. The molecule has 0 amide bonds. The number of pyridine rings is 1. The minimum absolute atomic E-state index is 0.228. The number of aliphatic carboxylic acids is 1. The molecule has 3 aliphatic rings. The lowest BCUT2D eigenvalue weighted by Gasteiger charge is -2.44. The van der Waals surface area contributed by atoms with Crippen LogP contribution in [0.2, 0.25) is 10.0 Å². The fourth-order valence-corrected chi connectivity index (χ4v) is 7.45. The van der Waals surface area contributed by atoms with Gasteiger partial charge in [-0.3, -0.25) is 14.6 Å². The first-order valence-electron chi connectivity index (χ1n) is 15.1. The standard InChI is InChI=1S/C32H38Cl2N6O3/c1-38-8-2-6-32(38)7-3-9-40(21-32)31-35-18-27(19-36-31)43-29-13-23(20-39-10-4-22(5-11-39)14-30(41)42)12-28(37-29)24-15-25(33)17-26(34)16-24/h12-13,15-19,22H,2-11,14,20-21H2,1H3,(H,41,42)/t32-/m1/s1. The topological polar surface area (TPSA) is 94.9 Å². The van der Waals surface area contributed by atoms with Crippen LogP contribution in [0.3, 0.4) is 0 Å². The third-order valence-corrected chi connectivity index (χ3v) is 9.65. The second-order valence-corrected chi connectivity index (χ2v) is 13.1. The lowest BCUT2D eigenvalue weighted by Crippen LogP contribution is -2.54. The Morgan fingerprint density at radius 1 is 1.00 bits per heavy atom. The zero-order chi connectivity index (χ0) is 30.0. The minimum atomic E-state index is -0.725. The van der Waals surface area contributed by atoms with Crippen molar-refractivity contribution in [1.82, 2.24) is 24.8 Å². The second-order valence-electron chi connectivity index (χ2n) is 12.3. The predicted molar refractivity (Wildman–Crippen MR) is 168 cm³/mol. The number of likely N-dealkylation sites (tertiary alicyclic amines) is 2. The maximum Gasteiger partial charge on any atom is 0.303 e. The van der Waals surface area contributed by atoms with Crippen LogP contribution in [-0.2, 0) is 11.3 Å². The summed E-state index contributed by atoms with van der Waals surface area (Å²) in [5.41, 5.74) is 2.76. The van der Waals surface area contributed by atoms with Crippen molar-refractivity contribution in [2.75, 3.05) is 44.7 Å². The third-order valence-electron chi connectivity index (χ3n) is 9.22. The molecule has 5 heterocycles. The van der Waals surface area contributed by atoms with Gasteiger partial charge in [0.1, 0.15) is 0 Å². The lowest BCUT2D eigenvalue weighted by molar-refractivity contribution is -0.138. The molecule has 1 N–H and O–H groups in total. The highest BCUT2D eigenvalue weighted by Crippen LogP contribution is 2.37. The van der Waals surface area contributed by atoms with Crippen molar-refractivity contribution in [2.24, 2.45) is 5.92 Å². The van der Waals surface area contributed by atoms with Crippen LogP contribution >= 0.6 is 23.2 Å². The van der Waals surface area contributed by atoms with Crippen molar-refractivity contribution in [3.05, 3.63) is 58.3 Å². The summed E-state index contributed by atoms with van der Waals surface area (Å²) in [4.78, 5) is 32.5. The molecule has 9 nitrogen and oxygen atoms in total. The number of rotatable bonds is 8. The Morgan fingerprint density at radius 2 is 1.70 bits per heavy atom. The molecule has 0 saturated carbocycles. The van der Waals surface area contributed by atoms with Gasteiger partial charge in [0.25, 0.3) is 0 Å². The van der Waals surface area contributed by atoms with Crippen molar-refractivity contribution in [3.63, 3.8) is 0 Å². The first-order valence-corrected chi connectivity index (χ1v) is 15.9. The highest BCUT2D eigenvalue weighted by molar-refractivity contribution is 6.35. The molecule has 0 unspecified atom stereocenters. The number of carboxylic acids is 1. The zero-order valence-corrected chi connectivity index (χ0v) is 26.0. The van der Waals surface area contributed by atoms with Gasteiger partial charge in [-0.1, -0.05) is 23.2 Å². The quantitative estimate of drug-likeness (QED) is 0.306. The van der Waals surface area contributed by atoms with Gasteiger partial charge in [-0.25, -0.2) is 15.0 Å². The van der Waals surface area contributed by atoms with E-state index in [9.17, 15) is 4.79 Å². The highest BCUT2D eigenvalue weighted by Gasteiger charge is 2.42. The van der Waals surface area contributed by atoms with E-state index in [1.165, 1.54) is 19.3 Å². The van der Waals surface area contributed by atoms with Crippen LogP contribution in [0.25, 0.3) is 11.3 Å². The van der Waals surface area contributed by atoms with Crippen LogP contribution in [0.4, 0.5) is 5.95 Å². The molecule has 1 spiro atoms. The number of piperidine rings is 2. The fraction of sp³-hybridized carbons (Fsp3) is 0.500. The summed E-state index contributed by atoms with van der Waals surface area (Å²) in [5.74, 6) is 1.19. The number of benzene rings is 1. The van der Waals surface area contributed by atoms with Gasteiger partial charge in [0.05, 0.1) is 18.1 Å². The van der Waals surface area contributed by atoms with Crippen LogP contribution in [0, 0.1) is 5.92 Å². The van der Waals surface area contributed by atoms with E-state index >= 15 is 0 Å². The Hall–Kier alpha value is -2.98. The Labute approximate surface area is 262 Å². The molecular weight excluding hydrogens is 587 g/mol. The zero-order valence-electron chi connectivity index (χ0n) is 24.5. The monoisotopic (exact) mass is 624 g/mol. The number of aromatic nitrogens is 3. The minimum Gasteiger partial charge on any atom is -0.481 e. The molecule has 0 bridgehead atoms. The first-order chi connectivity index (χ1) is 20.7. The summed E-state index contributed by atoms with van der Waals surface area (Å²) in [6, 6.07) is 9.35. The highest BCUT2D eigenvalue weighted by atomic mass is 35.5. The maximum atomic E-state index is 11.1. The second kappa shape index (κ2) is 12.9. The number of nitrogens with zero attached hydrogens (tertiary/aromatic N) is 6. The van der Waals surface area contributed by atoms with Crippen LogP contribution in [-0.4, -0.2) is 81.1 Å². The number of carboxylic acid groups (broad SMARTS) is 1. The van der Waals surface area contributed by atoms with Crippen LogP contribution in [0.15, 0.2) is 42.7 Å². The molecule has 2 aromatic heterocycles. The van der Waals surface area contributed by atoms with E-state index in [1.807, 2.05) is 24.3 Å². The van der Waals surface area contributed by atoms with E-state index in [0.717, 1.165) is 69.1 Å². The summed E-state index contributed by atoms with van der Waals surface area (Å²) >= 11 is 12.6. The van der Waals surface area contributed by atoms with Crippen molar-refractivity contribution >= 4 is 35.1 Å². The number of hydrogen-bond acceptors (Lipinski definition) is 8. The lowest BCUT2D eigenvalue weighted by atomic mass is 9.87. The van der Waals surface area contributed by atoms with Gasteiger partial charge in [-0.2, -0.15) is 0 Å². The largest absolute Gasteiger partial charge is 0.481 e. The molecule has 11 heteroatoms. The molecule has 0 radical (unpaired) electrons. The predicted octanol–water partition coefficient (Wildman–Crippen LogP) is 6.39. The smallest absolute Gasteiger partial charge is 0.303 e. The number of anilines is 1. The molecule has 3 aliphatic heterocycles.